The lowest BCUT2D eigenvalue weighted by atomic mass is 10.1. The first kappa shape index (κ1) is 15.2. The van der Waals surface area contributed by atoms with Crippen molar-refractivity contribution in [2.75, 3.05) is 11.9 Å². The van der Waals surface area contributed by atoms with E-state index in [1.165, 1.54) is 0 Å². The minimum absolute atomic E-state index is 0.139. The molecule has 1 rings (SSSR count). The number of carbonyl (C=O) groups is 2. The van der Waals surface area contributed by atoms with Crippen LogP contribution < -0.4 is 10.6 Å². The molecule has 0 bridgehead atoms. The van der Waals surface area contributed by atoms with E-state index in [-0.39, 0.29) is 18.2 Å². The van der Waals surface area contributed by atoms with Crippen LogP contribution in [0.4, 0.5) is 5.69 Å². The number of amides is 2. The van der Waals surface area contributed by atoms with E-state index in [2.05, 4.69) is 10.6 Å². The van der Waals surface area contributed by atoms with Crippen molar-refractivity contribution >= 4 is 17.5 Å². The molecule has 4 nitrogen and oxygen atoms in total. The van der Waals surface area contributed by atoms with Gasteiger partial charge in [-0.2, -0.15) is 0 Å². The first-order chi connectivity index (χ1) is 8.88. The quantitative estimate of drug-likeness (QED) is 0.801. The molecule has 0 unspecified atom stereocenters. The average Bonchev–Trinajstić information content (AvgIpc) is 2.30. The summed E-state index contributed by atoms with van der Waals surface area (Å²) < 4.78 is 0. The molecule has 4 heteroatoms. The standard InChI is InChI=1S/C15H22N2O2/c1-10(2)9-16-14(18)8-15(19)17-13-6-5-11(3)7-12(13)4/h5-7,10H,8-9H2,1-4H3,(H,16,18)(H,17,19). The Morgan fingerprint density at radius 3 is 2.42 bits per heavy atom. The molecule has 0 aliphatic rings. The van der Waals surface area contributed by atoms with Crippen LogP contribution in [0.3, 0.4) is 0 Å². The Bertz CT molecular complexity index is 467. The van der Waals surface area contributed by atoms with E-state index in [0.717, 1.165) is 16.8 Å². The van der Waals surface area contributed by atoms with Crippen LogP contribution in [0.25, 0.3) is 0 Å². The number of hydrogen-bond donors (Lipinski definition) is 2. The number of nitrogens with one attached hydrogen (secondary N) is 2. The summed E-state index contributed by atoms with van der Waals surface area (Å²) in [6.07, 6.45) is -0.139. The summed E-state index contributed by atoms with van der Waals surface area (Å²) in [5.74, 6) is -0.143. The molecule has 0 heterocycles. The Morgan fingerprint density at radius 2 is 1.84 bits per heavy atom. The fourth-order valence-electron chi connectivity index (χ4n) is 1.67. The predicted octanol–water partition coefficient (Wildman–Crippen LogP) is 2.40. The zero-order valence-electron chi connectivity index (χ0n) is 12.0. The van der Waals surface area contributed by atoms with Crippen molar-refractivity contribution in [3.63, 3.8) is 0 Å². The van der Waals surface area contributed by atoms with Gasteiger partial charge in [0.15, 0.2) is 0 Å². The van der Waals surface area contributed by atoms with Gasteiger partial charge >= 0.3 is 0 Å². The molecule has 0 atom stereocenters. The highest BCUT2D eigenvalue weighted by atomic mass is 16.2. The summed E-state index contributed by atoms with van der Waals surface area (Å²) >= 11 is 0. The fourth-order valence-corrected chi connectivity index (χ4v) is 1.67. The molecule has 0 radical (unpaired) electrons. The lowest BCUT2D eigenvalue weighted by molar-refractivity contribution is -0.126. The van der Waals surface area contributed by atoms with Gasteiger partial charge in [0.05, 0.1) is 0 Å². The Hall–Kier alpha value is -1.84. The second-order valence-electron chi connectivity index (χ2n) is 5.24. The second-order valence-corrected chi connectivity index (χ2v) is 5.24. The van der Waals surface area contributed by atoms with E-state index in [1.54, 1.807) is 0 Å². The zero-order chi connectivity index (χ0) is 14.4. The third kappa shape index (κ3) is 5.55. The minimum Gasteiger partial charge on any atom is -0.355 e. The van der Waals surface area contributed by atoms with Crippen LogP contribution in [-0.4, -0.2) is 18.4 Å². The Balaban J connectivity index is 2.49. The van der Waals surface area contributed by atoms with E-state index in [1.807, 2.05) is 45.9 Å². The van der Waals surface area contributed by atoms with Crippen molar-refractivity contribution in [1.82, 2.24) is 5.32 Å². The highest BCUT2D eigenvalue weighted by Crippen LogP contribution is 2.16. The summed E-state index contributed by atoms with van der Waals surface area (Å²) in [4.78, 5) is 23.2. The highest BCUT2D eigenvalue weighted by molar-refractivity contribution is 6.03. The summed E-state index contributed by atoms with van der Waals surface area (Å²) in [6, 6.07) is 5.78. The van der Waals surface area contributed by atoms with Crippen LogP contribution in [0.1, 0.15) is 31.4 Å². The van der Waals surface area contributed by atoms with Gasteiger partial charge < -0.3 is 10.6 Å². The lowest BCUT2D eigenvalue weighted by Crippen LogP contribution is -2.30. The molecule has 0 aliphatic carbocycles. The Kier molecular flexibility index (Phi) is 5.55. The van der Waals surface area contributed by atoms with Gasteiger partial charge in [-0.25, -0.2) is 0 Å². The van der Waals surface area contributed by atoms with Crippen LogP contribution >= 0.6 is 0 Å². The monoisotopic (exact) mass is 262 g/mol. The summed E-state index contributed by atoms with van der Waals surface area (Å²) in [6.45, 7) is 8.54. The van der Waals surface area contributed by atoms with Crippen LogP contribution in [0.5, 0.6) is 0 Å². The van der Waals surface area contributed by atoms with Gasteiger partial charge in [0.2, 0.25) is 11.8 Å². The number of benzene rings is 1. The van der Waals surface area contributed by atoms with Crippen LogP contribution in [-0.2, 0) is 9.59 Å². The van der Waals surface area contributed by atoms with E-state index < -0.39 is 0 Å². The third-order valence-corrected chi connectivity index (χ3v) is 2.68. The number of aryl methyl sites for hydroxylation is 2. The maximum atomic E-state index is 11.7. The molecule has 19 heavy (non-hydrogen) atoms. The van der Waals surface area contributed by atoms with Gasteiger partial charge in [-0.1, -0.05) is 31.5 Å². The van der Waals surface area contributed by atoms with Crippen molar-refractivity contribution < 1.29 is 9.59 Å². The summed E-state index contributed by atoms with van der Waals surface area (Å²) in [5.41, 5.74) is 2.90. The van der Waals surface area contributed by atoms with Crippen molar-refractivity contribution in [2.24, 2.45) is 5.92 Å². The largest absolute Gasteiger partial charge is 0.355 e. The van der Waals surface area contributed by atoms with E-state index in [4.69, 9.17) is 0 Å². The van der Waals surface area contributed by atoms with Gasteiger partial charge in [-0.05, 0) is 31.4 Å². The zero-order valence-corrected chi connectivity index (χ0v) is 12.0. The average molecular weight is 262 g/mol. The minimum atomic E-state index is -0.284. The summed E-state index contributed by atoms with van der Waals surface area (Å²) in [5, 5.41) is 5.48. The van der Waals surface area contributed by atoms with Crippen molar-refractivity contribution in [2.45, 2.75) is 34.1 Å². The molecule has 0 aliphatic heterocycles. The van der Waals surface area contributed by atoms with Gasteiger partial charge in [0.1, 0.15) is 6.42 Å². The lowest BCUT2D eigenvalue weighted by Gasteiger charge is -2.10. The molecule has 0 saturated heterocycles. The molecule has 0 spiro atoms. The number of anilines is 1. The normalized spacial score (nSPS) is 10.4. The molecule has 0 fully saturated rings. The Morgan fingerprint density at radius 1 is 1.16 bits per heavy atom. The maximum Gasteiger partial charge on any atom is 0.233 e. The van der Waals surface area contributed by atoms with Crippen LogP contribution in [0.15, 0.2) is 18.2 Å². The van der Waals surface area contributed by atoms with Gasteiger partial charge in [-0.3, -0.25) is 9.59 Å². The topological polar surface area (TPSA) is 58.2 Å². The predicted molar refractivity (Wildman–Crippen MR) is 77.0 cm³/mol. The molecule has 1 aromatic carbocycles. The molecular weight excluding hydrogens is 240 g/mol. The van der Waals surface area contributed by atoms with Crippen molar-refractivity contribution in [3.8, 4) is 0 Å². The maximum absolute atomic E-state index is 11.7. The SMILES string of the molecule is Cc1ccc(NC(=O)CC(=O)NCC(C)C)c(C)c1. The second kappa shape index (κ2) is 6.92. The third-order valence-electron chi connectivity index (χ3n) is 2.68. The number of carbonyl (C=O) groups excluding carboxylic acids is 2. The molecule has 104 valence electrons. The van der Waals surface area contributed by atoms with Gasteiger partial charge in [0, 0.05) is 12.2 Å². The molecule has 2 N–H and O–H groups in total. The first-order valence-corrected chi connectivity index (χ1v) is 6.52. The highest BCUT2D eigenvalue weighted by Gasteiger charge is 2.10. The van der Waals surface area contributed by atoms with Gasteiger partial charge in [-0.15, -0.1) is 0 Å². The first-order valence-electron chi connectivity index (χ1n) is 6.52. The van der Waals surface area contributed by atoms with E-state index in [9.17, 15) is 9.59 Å². The summed E-state index contributed by atoms with van der Waals surface area (Å²) in [7, 11) is 0. The molecule has 1 aromatic rings. The van der Waals surface area contributed by atoms with Gasteiger partial charge in [0.25, 0.3) is 0 Å². The number of rotatable bonds is 5. The molecular formula is C15H22N2O2. The Labute approximate surface area is 114 Å². The molecule has 0 saturated carbocycles. The van der Waals surface area contributed by atoms with Crippen molar-refractivity contribution in [1.29, 1.82) is 0 Å². The van der Waals surface area contributed by atoms with Crippen LogP contribution in [0, 0.1) is 19.8 Å². The van der Waals surface area contributed by atoms with Crippen molar-refractivity contribution in [3.05, 3.63) is 29.3 Å². The van der Waals surface area contributed by atoms with Crippen LogP contribution in [0.2, 0.25) is 0 Å². The molecule has 0 aromatic heterocycles. The van der Waals surface area contributed by atoms with E-state index in [0.29, 0.717) is 12.5 Å². The smallest absolute Gasteiger partial charge is 0.233 e. The number of hydrogen-bond acceptors (Lipinski definition) is 2. The van der Waals surface area contributed by atoms with E-state index >= 15 is 0 Å². The molecule has 2 amide bonds. The fraction of sp³-hybridized carbons (Fsp3) is 0.467.